The lowest BCUT2D eigenvalue weighted by molar-refractivity contribution is -0.120. The van der Waals surface area contributed by atoms with Gasteiger partial charge in [-0.1, -0.05) is 15.9 Å². The minimum Gasteiger partial charge on any atom is -0.270 e. The third-order valence-electron chi connectivity index (χ3n) is 2.18. The fourth-order valence-electron chi connectivity index (χ4n) is 1.27. The lowest BCUT2D eigenvalue weighted by Gasteiger charge is -2.00. The van der Waals surface area contributed by atoms with Gasteiger partial charge in [-0.05, 0) is 41.1 Å². The smallest absolute Gasteiger partial charge is 0.270 e. The van der Waals surface area contributed by atoms with E-state index in [4.69, 9.17) is 0 Å². The number of nitrogens with zero attached hydrogens (tertiary/aromatic N) is 3. The maximum atomic E-state index is 11.3. The second-order valence-electron chi connectivity index (χ2n) is 3.44. The van der Waals surface area contributed by atoms with Crippen LogP contribution in [-0.2, 0) is 4.79 Å². The molecule has 0 aliphatic carbocycles. The minimum absolute atomic E-state index is 0.250. The predicted molar refractivity (Wildman–Crippen MR) is 71.4 cm³/mol. The third kappa shape index (κ3) is 2.78. The van der Waals surface area contributed by atoms with Crippen LogP contribution in [0.3, 0.4) is 0 Å². The predicted octanol–water partition coefficient (Wildman–Crippen LogP) is 3.17. The summed E-state index contributed by atoms with van der Waals surface area (Å²) in [5, 5.41) is 11.8. The maximum absolute atomic E-state index is 11.3. The number of rotatable bonds is 2. The Kier molecular flexibility index (Phi) is 3.68. The van der Waals surface area contributed by atoms with E-state index in [0.29, 0.717) is 11.4 Å². The molecule has 0 fully saturated rings. The average Bonchev–Trinajstić information content (AvgIpc) is 2.58. The first-order valence-corrected chi connectivity index (χ1v) is 6.36. The number of carbonyl (C=O) groups excluding carboxylic acids is 1. The zero-order chi connectivity index (χ0) is 12.4. The Morgan fingerprint density at radius 3 is 2.76 bits per heavy atom. The van der Waals surface area contributed by atoms with Crippen molar-refractivity contribution in [1.82, 2.24) is 5.43 Å². The first-order valence-electron chi connectivity index (χ1n) is 4.78. The average molecular weight is 360 g/mol. The fraction of sp³-hybridized carbons (Fsp3) is 0.200. The van der Waals surface area contributed by atoms with Crippen LogP contribution < -0.4 is 5.43 Å². The first-order chi connectivity index (χ1) is 8.08. The highest BCUT2D eigenvalue weighted by Gasteiger charge is 2.26. The standard InChI is InChI=1S/C10H8Br2N4O/c1-5-9(10(17)16-13-5)15-14-8-3-2-6(11)4-7(8)12/h2-4,9H,1H3,(H,16,17). The molecule has 1 amide bonds. The molecular weight excluding hydrogens is 352 g/mol. The molecule has 17 heavy (non-hydrogen) atoms. The molecule has 1 aromatic carbocycles. The fourth-order valence-corrected chi connectivity index (χ4v) is 2.40. The molecule has 1 aliphatic rings. The number of hydrazone groups is 1. The third-order valence-corrected chi connectivity index (χ3v) is 3.31. The maximum Gasteiger partial charge on any atom is 0.272 e. The summed E-state index contributed by atoms with van der Waals surface area (Å²) in [5.41, 5.74) is 3.64. The van der Waals surface area contributed by atoms with E-state index in [1.165, 1.54) is 0 Å². The normalized spacial score (nSPS) is 19.6. The van der Waals surface area contributed by atoms with Gasteiger partial charge in [0, 0.05) is 8.95 Å². The van der Waals surface area contributed by atoms with Gasteiger partial charge in [0.1, 0.15) is 0 Å². The van der Waals surface area contributed by atoms with E-state index in [2.05, 4.69) is 52.6 Å². The van der Waals surface area contributed by atoms with Gasteiger partial charge in [0.2, 0.25) is 0 Å². The van der Waals surface area contributed by atoms with Crippen molar-refractivity contribution in [3.63, 3.8) is 0 Å². The molecule has 88 valence electrons. The SMILES string of the molecule is CC1=NNC(=O)C1N=Nc1ccc(Br)cc1Br. The zero-order valence-electron chi connectivity index (χ0n) is 8.82. The number of hydrogen-bond donors (Lipinski definition) is 1. The van der Waals surface area contributed by atoms with Crippen molar-refractivity contribution in [3.05, 3.63) is 27.1 Å². The lowest BCUT2D eigenvalue weighted by atomic mass is 10.2. The Bertz CT molecular complexity index is 527. The minimum atomic E-state index is -0.620. The molecule has 0 saturated carbocycles. The molecular formula is C10H8Br2N4O. The van der Waals surface area contributed by atoms with E-state index >= 15 is 0 Å². The molecule has 5 nitrogen and oxygen atoms in total. The summed E-state index contributed by atoms with van der Waals surface area (Å²) in [5.74, 6) is -0.250. The van der Waals surface area contributed by atoms with Gasteiger partial charge in [0.15, 0.2) is 6.04 Å². The molecule has 1 unspecified atom stereocenters. The highest BCUT2D eigenvalue weighted by atomic mass is 79.9. The van der Waals surface area contributed by atoms with Crippen LogP contribution in [0.1, 0.15) is 6.92 Å². The number of benzene rings is 1. The Labute approximate surface area is 115 Å². The molecule has 0 saturated heterocycles. The van der Waals surface area contributed by atoms with Crippen LogP contribution in [0.25, 0.3) is 0 Å². The number of nitrogens with one attached hydrogen (secondary N) is 1. The Hall–Kier alpha value is -1.08. The van der Waals surface area contributed by atoms with Crippen LogP contribution in [0.4, 0.5) is 5.69 Å². The van der Waals surface area contributed by atoms with Crippen molar-refractivity contribution in [2.24, 2.45) is 15.3 Å². The Morgan fingerprint density at radius 1 is 1.41 bits per heavy atom. The number of hydrogen-bond acceptors (Lipinski definition) is 4. The van der Waals surface area contributed by atoms with Gasteiger partial charge in [-0.3, -0.25) is 4.79 Å². The van der Waals surface area contributed by atoms with Gasteiger partial charge in [-0.25, -0.2) is 5.43 Å². The van der Waals surface area contributed by atoms with Gasteiger partial charge in [-0.15, -0.1) is 0 Å². The van der Waals surface area contributed by atoms with Gasteiger partial charge >= 0.3 is 0 Å². The highest BCUT2D eigenvalue weighted by Crippen LogP contribution is 2.29. The summed E-state index contributed by atoms with van der Waals surface area (Å²) in [6, 6.07) is 4.90. The summed E-state index contributed by atoms with van der Waals surface area (Å²) >= 11 is 6.72. The van der Waals surface area contributed by atoms with Gasteiger partial charge in [0.25, 0.3) is 5.91 Å². The molecule has 1 atom stereocenters. The van der Waals surface area contributed by atoms with Crippen LogP contribution in [-0.4, -0.2) is 17.7 Å². The first kappa shape index (κ1) is 12.4. The molecule has 0 radical (unpaired) electrons. The zero-order valence-corrected chi connectivity index (χ0v) is 12.0. The summed E-state index contributed by atoms with van der Waals surface area (Å²) in [6.07, 6.45) is 0. The summed E-state index contributed by atoms with van der Waals surface area (Å²) < 4.78 is 1.75. The van der Waals surface area contributed by atoms with Crippen LogP contribution >= 0.6 is 31.9 Å². The van der Waals surface area contributed by atoms with Crippen LogP contribution in [0.2, 0.25) is 0 Å². The number of halogens is 2. The second-order valence-corrected chi connectivity index (χ2v) is 5.21. The van der Waals surface area contributed by atoms with Crippen LogP contribution in [0, 0.1) is 0 Å². The van der Waals surface area contributed by atoms with E-state index in [0.717, 1.165) is 8.95 Å². The summed E-state index contributed by atoms with van der Waals surface area (Å²) in [7, 11) is 0. The topological polar surface area (TPSA) is 66.2 Å². The van der Waals surface area contributed by atoms with Crippen LogP contribution in [0.5, 0.6) is 0 Å². The number of amides is 1. The van der Waals surface area contributed by atoms with E-state index in [1.807, 2.05) is 12.1 Å². The molecule has 2 rings (SSSR count). The molecule has 0 aromatic heterocycles. The van der Waals surface area contributed by atoms with Gasteiger partial charge < -0.3 is 0 Å². The summed E-state index contributed by atoms with van der Waals surface area (Å²) in [4.78, 5) is 11.3. The molecule has 1 aliphatic heterocycles. The molecule has 1 N–H and O–H groups in total. The largest absolute Gasteiger partial charge is 0.272 e. The van der Waals surface area contributed by atoms with E-state index in [1.54, 1.807) is 13.0 Å². The molecule has 7 heteroatoms. The Morgan fingerprint density at radius 2 is 2.18 bits per heavy atom. The summed E-state index contributed by atoms with van der Waals surface area (Å²) in [6.45, 7) is 1.73. The number of azo groups is 1. The van der Waals surface area contributed by atoms with Crippen molar-refractivity contribution in [3.8, 4) is 0 Å². The monoisotopic (exact) mass is 358 g/mol. The van der Waals surface area contributed by atoms with E-state index in [9.17, 15) is 4.79 Å². The van der Waals surface area contributed by atoms with E-state index in [-0.39, 0.29) is 5.91 Å². The number of carbonyl (C=O) groups is 1. The highest BCUT2D eigenvalue weighted by molar-refractivity contribution is 9.11. The molecule has 0 spiro atoms. The van der Waals surface area contributed by atoms with Gasteiger partial charge in [0.05, 0.1) is 11.4 Å². The van der Waals surface area contributed by atoms with Crippen molar-refractivity contribution in [2.75, 3.05) is 0 Å². The van der Waals surface area contributed by atoms with Crippen molar-refractivity contribution in [2.45, 2.75) is 13.0 Å². The van der Waals surface area contributed by atoms with E-state index < -0.39 is 6.04 Å². The lowest BCUT2D eigenvalue weighted by Crippen LogP contribution is -2.25. The molecule has 1 aromatic rings. The second kappa shape index (κ2) is 5.05. The van der Waals surface area contributed by atoms with Crippen LogP contribution in [0.15, 0.2) is 42.5 Å². The van der Waals surface area contributed by atoms with Crippen molar-refractivity contribution in [1.29, 1.82) is 0 Å². The molecule has 0 bridgehead atoms. The van der Waals surface area contributed by atoms with Gasteiger partial charge in [-0.2, -0.15) is 15.3 Å². The van der Waals surface area contributed by atoms with Crippen molar-refractivity contribution < 1.29 is 4.79 Å². The Balaban J connectivity index is 2.20. The quantitative estimate of drug-likeness (QED) is 0.809. The van der Waals surface area contributed by atoms with Crippen molar-refractivity contribution >= 4 is 49.2 Å². The molecule has 1 heterocycles.